The fourth-order valence-electron chi connectivity index (χ4n) is 2.09. The van der Waals surface area contributed by atoms with Crippen LogP contribution in [0.4, 0.5) is 0 Å². The zero-order valence-corrected chi connectivity index (χ0v) is 13.1. The van der Waals surface area contributed by atoms with Crippen molar-refractivity contribution in [2.24, 2.45) is 0 Å². The van der Waals surface area contributed by atoms with E-state index in [4.69, 9.17) is 14.3 Å². The molecule has 23 heavy (non-hydrogen) atoms. The molecular weight excluding hydrogens is 300 g/mol. The molecule has 0 aliphatic heterocycles. The van der Waals surface area contributed by atoms with Crippen LogP contribution in [0.5, 0.6) is 5.75 Å². The van der Waals surface area contributed by atoms with Crippen molar-refractivity contribution >= 4 is 11.9 Å². The molecule has 0 aliphatic rings. The zero-order chi connectivity index (χ0) is 17.0. The number of ether oxygens (including phenoxy) is 1. The molecule has 1 heterocycles. The predicted molar refractivity (Wildman–Crippen MR) is 81.4 cm³/mol. The van der Waals surface area contributed by atoms with Crippen LogP contribution in [0.2, 0.25) is 0 Å². The number of carbonyl (C=O) groups excluding carboxylic acids is 1. The number of nitrogens with zero attached hydrogens (tertiary/aromatic N) is 1. The number of aliphatic carboxylic acids is 1. The second-order valence-electron chi connectivity index (χ2n) is 5.09. The topological polar surface area (TPSA) is 102 Å². The van der Waals surface area contributed by atoms with Gasteiger partial charge < -0.3 is 19.6 Å². The van der Waals surface area contributed by atoms with E-state index in [1.165, 1.54) is 0 Å². The summed E-state index contributed by atoms with van der Waals surface area (Å²) in [6.07, 6.45) is 0. The van der Waals surface area contributed by atoms with E-state index in [1.54, 1.807) is 38.1 Å². The van der Waals surface area contributed by atoms with E-state index in [9.17, 15) is 9.59 Å². The van der Waals surface area contributed by atoms with Gasteiger partial charge in [0.1, 0.15) is 5.75 Å². The summed E-state index contributed by atoms with van der Waals surface area (Å²) in [6, 6.07) is 6.59. The van der Waals surface area contributed by atoms with Gasteiger partial charge in [0.15, 0.2) is 12.5 Å². The number of carboxylic acids is 1. The van der Waals surface area contributed by atoms with Gasteiger partial charge in [0.25, 0.3) is 5.91 Å². The molecule has 0 radical (unpaired) electrons. The molecule has 1 aromatic heterocycles. The maximum absolute atomic E-state index is 12.2. The summed E-state index contributed by atoms with van der Waals surface area (Å²) in [7, 11) is 0. The molecule has 2 aromatic rings. The minimum Gasteiger partial charge on any atom is -0.482 e. The first-order chi connectivity index (χ1) is 10.9. The fourth-order valence-corrected chi connectivity index (χ4v) is 2.09. The van der Waals surface area contributed by atoms with Gasteiger partial charge >= 0.3 is 5.97 Å². The molecule has 122 valence electrons. The number of oxazole rings is 1. The van der Waals surface area contributed by atoms with E-state index in [0.29, 0.717) is 17.3 Å². The third kappa shape index (κ3) is 4.32. The van der Waals surface area contributed by atoms with Gasteiger partial charge in [-0.2, -0.15) is 0 Å². The van der Waals surface area contributed by atoms with Crippen LogP contribution < -0.4 is 10.1 Å². The molecule has 0 aliphatic carbocycles. The maximum Gasteiger partial charge on any atom is 0.341 e. The van der Waals surface area contributed by atoms with Crippen LogP contribution in [-0.2, 0) is 4.79 Å². The third-order valence-corrected chi connectivity index (χ3v) is 3.20. The van der Waals surface area contributed by atoms with E-state index in [2.05, 4.69) is 10.3 Å². The molecule has 1 aromatic carbocycles. The van der Waals surface area contributed by atoms with Gasteiger partial charge in [-0.25, -0.2) is 9.78 Å². The van der Waals surface area contributed by atoms with Crippen molar-refractivity contribution in [2.45, 2.75) is 26.8 Å². The van der Waals surface area contributed by atoms with Crippen molar-refractivity contribution in [3.05, 3.63) is 47.2 Å². The molecule has 0 saturated heterocycles. The highest BCUT2D eigenvalue weighted by Gasteiger charge is 2.18. The van der Waals surface area contributed by atoms with E-state index in [-0.39, 0.29) is 17.7 Å². The van der Waals surface area contributed by atoms with Gasteiger partial charge in [0.2, 0.25) is 5.76 Å². The molecule has 0 fully saturated rings. The second kappa shape index (κ2) is 6.95. The summed E-state index contributed by atoms with van der Waals surface area (Å²) in [6.45, 7) is 4.84. The summed E-state index contributed by atoms with van der Waals surface area (Å²) < 4.78 is 10.3. The summed E-state index contributed by atoms with van der Waals surface area (Å²) >= 11 is 0. The van der Waals surface area contributed by atoms with E-state index in [0.717, 1.165) is 5.56 Å². The first kappa shape index (κ1) is 16.5. The molecule has 7 heteroatoms. The van der Waals surface area contributed by atoms with Crippen LogP contribution in [-0.4, -0.2) is 28.6 Å². The highest BCUT2D eigenvalue weighted by molar-refractivity contribution is 5.92. The highest BCUT2D eigenvalue weighted by Crippen LogP contribution is 2.19. The molecule has 0 bridgehead atoms. The van der Waals surface area contributed by atoms with Gasteiger partial charge in [-0.15, -0.1) is 0 Å². The Morgan fingerprint density at radius 1 is 1.30 bits per heavy atom. The van der Waals surface area contributed by atoms with Crippen molar-refractivity contribution in [3.63, 3.8) is 0 Å². The normalized spacial score (nSPS) is 11.8. The van der Waals surface area contributed by atoms with Crippen molar-refractivity contribution in [2.75, 3.05) is 6.61 Å². The van der Waals surface area contributed by atoms with Crippen molar-refractivity contribution in [1.82, 2.24) is 10.3 Å². The monoisotopic (exact) mass is 318 g/mol. The van der Waals surface area contributed by atoms with Crippen LogP contribution in [0.3, 0.4) is 0 Å². The standard InChI is InChI=1S/C16H18N2O5/c1-9(18-16(21)15-10(2)17-11(3)23-15)12-4-6-13(7-5-12)22-8-14(19)20/h4-7,9H,8H2,1-3H3,(H,18,21)(H,19,20)/t9-/m0/s1. The van der Waals surface area contributed by atoms with E-state index < -0.39 is 12.6 Å². The maximum atomic E-state index is 12.2. The number of aromatic nitrogens is 1. The molecular formula is C16H18N2O5. The van der Waals surface area contributed by atoms with E-state index in [1.807, 2.05) is 6.92 Å². The average Bonchev–Trinajstić information content (AvgIpc) is 2.84. The van der Waals surface area contributed by atoms with Crippen molar-refractivity contribution in [1.29, 1.82) is 0 Å². The van der Waals surface area contributed by atoms with Gasteiger partial charge in [0, 0.05) is 6.92 Å². The minimum absolute atomic E-state index is 0.204. The Balaban J connectivity index is 2.00. The summed E-state index contributed by atoms with van der Waals surface area (Å²) in [5.74, 6) is -0.262. The molecule has 0 unspecified atom stereocenters. The Morgan fingerprint density at radius 3 is 2.48 bits per heavy atom. The SMILES string of the molecule is Cc1nc(C)c(C(=O)N[C@@H](C)c2ccc(OCC(=O)O)cc2)o1. The Hall–Kier alpha value is -2.83. The first-order valence-corrected chi connectivity index (χ1v) is 7.06. The summed E-state index contributed by atoms with van der Waals surface area (Å²) in [5.41, 5.74) is 1.40. The summed E-state index contributed by atoms with van der Waals surface area (Å²) in [5, 5.41) is 11.4. The van der Waals surface area contributed by atoms with Crippen LogP contribution in [0, 0.1) is 13.8 Å². The van der Waals surface area contributed by atoms with Gasteiger partial charge in [-0.1, -0.05) is 12.1 Å². The lowest BCUT2D eigenvalue weighted by Crippen LogP contribution is -2.26. The lowest BCUT2D eigenvalue weighted by molar-refractivity contribution is -0.139. The Morgan fingerprint density at radius 2 is 1.96 bits per heavy atom. The van der Waals surface area contributed by atoms with E-state index >= 15 is 0 Å². The fraction of sp³-hybridized carbons (Fsp3) is 0.312. The number of hydrogen-bond donors (Lipinski definition) is 2. The minimum atomic E-state index is -1.03. The lowest BCUT2D eigenvalue weighted by atomic mass is 10.1. The Labute approximate surface area is 133 Å². The molecule has 2 N–H and O–H groups in total. The van der Waals surface area contributed by atoms with Crippen LogP contribution >= 0.6 is 0 Å². The number of aryl methyl sites for hydroxylation is 2. The number of carboxylic acid groups (broad SMARTS) is 1. The van der Waals surface area contributed by atoms with Crippen LogP contribution in [0.15, 0.2) is 28.7 Å². The second-order valence-corrected chi connectivity index (χ2v) is 5.09. The quantitative estimate of drug-likeness (QED) is 0.847. The number of benzene rings is 1. The molecule has 0 spiro atoms. The largest absolute Gasteiger partial charge is 0.482 e. The van der Waals surface area contributed by atoms with Crippen molar-refractivity contribution < 1.29 is 23.8 Å². The predicted octanol–water partition coefficient (Wildman–Crippen LogP) is 2.25. The smallest absolute Gasteiger partial charge is 0.341 e. The van der Waals surface area contributed by atoms with Crippen LogP contribution in [0.1, 0.15) is 40.7 Å². The first-order valence-electron chi connectivity index (χ1n) is 7.06. The lowest BCUT2D eigenvalue weighted by Gasteiger charge is -2.14. The number of hydrogen-bond acceptors (Lipinski definition) is 5. The van der Waals surface area contributed by atoms with Crippen LogP contribution in [0.25, 0.3) is 0 Å². The van der Waals surface area contributed by atoms with Gasteiger partial charge in [-0.05, 0) is 31.5 Å². The number of amides is 1. The number of rotatable bonds is 6. The molecule has 0 saturated carbocycles. The molecule has 1 amide bonds. The van der Waals surface area contributed by atoms with Gasteiger partial charge in [0.05, 0.1) is 11.7 Å². The Kier molecular flexibility index (Phi) is 5.00. The van der Waals surface area contributed by atoms with Crippen molar-refractivity contribution in [3.8, 4) is 5.75 Å². The van der Waals surface area contributed by atoms with Gasteiger partial charge in [-0.3, -0.25) is 4.79 Å². The molecule has 1 atom stereocenters. The molecule has 7 nitrogen and oxygen atoms in total. The number of carbonyl (C=O) groups is 2. The molecule has 2 rings (SSSR count). The Bertz CT molecular complexity index is 706. The number of nitrogens with one attached hydrogen (secondary N) is 1. The highest BCUT2D eigenvalue weighted by atomic mass is 16.5. The summed E-state index contributed by atoms with van der Waals surface area (Å²) in [4.78, 5) is 26.7. The zero-order valence-electron chi connectivity index (χ0n) is 13.1. The third-order valence-electron chi connectivity index (χ3n) is 3.20. The average molecular weight is 318 g/mol.